The molecule has 21 heavy (non-hydrogen) atoms. The zero-order valence-electron chi connectivity index (χ0n) is 13.8. The molecule has 0 unspecified atom stereocenters. The molecule has 0 aliphatic carbocycles. The maximum Gasteiger partial charge on any atom is 0.0793 e. The summed E-state index contributed by atoms with van der Waals surface area (Å²) in [5.74, 6) is 0.860. The maximum absolute atomic E-state index is 10.3. The second-order valence-electron chi connectivity index (χ2n) is 6.77. The summed E-state index contributed by atoms with van der Waals surface area (Å²) >= 11 is 0. The molecule has 2 heterocycles. The molecule has 0 amide bonds. The Balaban J connectivity index is 1.59. The van der Waals surface area contributed by atoms with Crippen LogP contribution < -0.4 is 0 Å². The minimum absolute atomic E-state index is 0.205. The van der Waals surface area contributed by atoms with Gasteiger partial charge < -0.3 is 14.7 Å². The van der Waals surface area contributed by atoms with E-state index in [1.165, 1.54) is 12.8 Å². The van der Waals surface area contributed by atoms with Crippen LogP contribution in [-0.2, 0) is 4.74 Å². The summed E-state index contributed by atoms with van der Waals surface area (Å²) in [6.07, 6.45) is 2.36. The highest BCUT2D eigenvalue weighted by Gasteiger charge is 2.22. The van der Waals surface area contributed by atoms with E-state index < -0.39 is 0 Å². The third-order valence-electron chi connectivity index (χ3n) is 4.89. The molecular formula is C16H33N3O2. The fourth-order valence-electron chi connectivity index (χ4n) is 3.31. The van der Waals surface area contributed by atoms with Gasteiger partial charge in [0, 0.05) is 52.9 Å². The van der Waals surface area contributed by atoms with Crippen molar-refractivity contribution in [3.8, 4) is 0 Å². The van der Waals surface area contributed by atoms with Gasteiger partial charge in [0.05, 0.1) is 12.7 Å². The molecule has 0 spiro atoms. The number of piperidine rings is 1. The van der Waals surface area contributed by atoms with E-state index in [2.05, 4.69) is 21.6 Å². The van der Waals surface area contributed by atoms with Crippen LogP contribution in [0.1, 0.15) is 19.8 Å². The van der Waals surface area contributed by atoms with Gasteiger partial charge in [-0.2, -0.15) is 0 Å². The SMILES string of the molecule is COCCN1CCN(C[C@@H](O)CN2CCC(C)CC2)CC1. The lowest BCUT2D eigenvalue weighted by Gasteiger charge is -2.37. The summed E-state index contributed by atoms with van der Waals surface area (Å²) in [7, 11) is 1.76. The quantitative estimate of drug-likeness (QED) is 0.734. The lowest BCUT2D eigenvalue weighted by molar-refractivity contribution is 0.0380. The van der Waals surface area contributed by atoms with Crippen molar-refractivity contribution in [1.82, 2.24) is 14.7 Å². The van der Waals surface area contributed by atoms with Crippen LogP contribution in [0.3, 0.4) is 0 Å². The van der Waals surface area contributed by atoms with Crippen LogP contribution in [0.5, 0.6) is 0 Å². The molecule has 5 heteroatoms. The molecule has 1 N–H and O–H groups in total. The van der Waals surface area contributed by atoms with Crippen LogP contribution in [0.25, 0.3) is 0 Å². The van der Waals surface area contributed by atoms with E-state index >= 15 is 0 Å². The van der Waals surface area contributed by atoms with Crippen molar-refractivity contribution in [2.75, 3.05) is 72.6 Å². The van der Waals surface area contributed by atoms with Gasteiger partial charge >= 0.3 is 0 Å². The number of aliphatic hydroxyl groups excluding tert-OH is 1. The van der Waals surface area contributed by atoms with E-state index in [0.29, 0.717) is 0 Å². The number of likely N-dealkylation sites (tertiary alicyclic amines) is 1. The fraction of sp³-hybridized carbons (Fsp3) is 1.00. The molecule has 0 aromatic carbocycles. The number of piperazine rings is 1. The normalized spacial score (nSPS) is 25.3. The van der Waals surface area contributed by atoms with Crippen molar-refractivity contribution < 1.29 is 9.84 Å². The highest BCUT2D eigenvalue weighted by atomic mass is 16.5. The Labute approximate surface area is 129 Å². The van der Waals surface area contributed by atoms with Crippen LogP contribution in [0.4, 0.5) is 0 Å². The van der Waals surface area contributed by atoms with Gasteiger partial charge in [0.2, 0.25) is 0 Å². The van der Waals surface area contributed by atoms with E-state index in [-0.39, 0.29) is 6.10 Å². The van der Waals surface area contributed by atoms with E-state index in [9.17, 15) is 5.11 Å². The number of ether oxygens (including phenoxy) is 1. The average molecular weight is 299 g/mol. The first-order valence-electron chi connectivity index (χ1n) is 8.51. The Morgan fingerprint density at radius 2 is 1.48 bits per heavy atom. The van der Waals surface area contributed by atoms with Crippen LogP contribution in [0, 0.1) is 5.92 Å². The molecular weight excluding hydrogens is 266 g/mol. The summed E-state index contributed by atoms with van der Waals surface area (Å²) in [4.78, 5) is 7.28. The van der Waals surface area contributed by atoms with E-state index in [4.69, 9.17) is 4.74 Å². The van der Waals surface area contributed by atoms with E-state index in [1.54, 1.807) is 7.11 Å². The van der Waals surface area contributed by atoms with Crippen molar-refractivity contribution in [3.63, 3.8) is 0 Å². The monoisotopic (exact) mass is 299 g/mol. The molecule has 0 aromatic heterocycles. The summed E-state index contributed by atoms with van der Waals surface area (Å²) in [6.45, 7) is 12.5. The zero-order valence-corrected chi connectivity index (χ0v) is 13.8. The summed E-state index contributed by atoms with van der Waals surface area (Å²) in [6, 6.07) is 0. The standard InChI is InChI=1S/C16H33N3O2/c1-15-3-5-18(6-4-15)13-16(20)14-19-9-7-17(8-10-19)11-12-21-2/h15-16,20H,3-14H2,1-2H3/t16-/m0/s1. The number of hydrogen-bond donors (Lipinski definition) is 1. The number of rotatable bonds is 7. The van der Waals surface area contributed by atoms with Gasteiger partial charge in [0.15, 0.2) is 0 Å². The first-order valence-corrected chi connectivity index (χ1v) is 8.51. The van der Waals surface area contributed by atoms with Gasteiger partial charge in [0.25, 0.3) is 0 Å². The van der Waals surface area contributed by atoms with Crippen LogP contribution in [-0.4, -0.2) is 98.5 Å². The molecule has 2 aliphatic heterocycles. The Bertz CT molecular complexity index is 275. The average Bonchev–Trinajstić information content (AvgIpc) is 2.49. The lowest BCUT2D eigenvalue weighted by Crippen LogP contribution is -2.50. The van der Waals surface area contributed by atoms with Gasteiger partial charge in [-0.1, -0.05) is 6.92 Å². The second kappa shape index (κ2) is 9.06. The van der Waals surface area contributed by atoms with Gasteiger partial charge in [-0.25, -0.2) is 0 Å². The van der Waals surface area contributed by atoms with Gasteiger partial charge in [0.1, 0.15) is 0 Å². The Morgan fingerprint density at radius 1 is 0.952 bits per heavy atom. The predicted molar refractivity (Wildman–Crippen MR) is 85.6 cm³/mol. The molecule has 0 radical (unpaired) electrons. The molecule has 0 bridgehead atoms. The Kier molecular flexibility index (Phi) is 7.40. The molecule has 5 nitrogen and oxygen atoms in total. The number of hydrogen-bond acceptors (Lipinski definition) is 5. The topological polar surface area (TPSA) is 39.2 Å². The summed E-state index contributed by atoms with van der Waals surface area (Å²) in [5, 5.41) is 10.3. The molecule has 2 saturated heterocycles. The highest BCUT2D eigenvalue weighted by Crippen LogP contribution is 2.16. The maximum atomic E-state index is 10.3. The van der Waals surface area contributed by atoms with Gasteiger partial charge in [-0.15, -0.1) is 0 Å². The van der Waals surface area contributed by atoms with Crippen molar-refractivity contribution in [1.29, 1.82) is 0 Å². The smallest absolute Gasteiger partial charge is 0.0793 e. The van der Waals surface area contributed by atoms with E-state index in [1.807, 2.05) is 0 Å². The zero-order chi connectivity index (χ0) is 15.1. The molecule has 1 atom stereocenters. The van der Waals surface area contributed by atoms with Crippen molar-refractivity contribution in [2.45, 2.75) is 25.9 Å². The Hall–Kier alpha value is -0.200. The largest absolute Gasteiger partial charge is 0.390 e. The molecule has 2 rings (SSSR count). The van der Waals surface area contributed by atoms with Crippen molar-refractivity contribution in [3.05, 3.63) is 0 Å². The van der Waals surface area contributed by atoms with Crippen LogP contribution in [0.15, 0.2) is 0 Å². The first kappa shape index (κ1) is 17.2. The fourth-order valence-corrected chi connectivity index (χ4v) is 3.31. The molecule has 124 valence electrons. The minimum Gasteiger partial charge on any atom is -0.390 e. The third kappa shape index (κ3) is 6.20. The highest BCUT2D eigenvalue weighted by molar-refractivity contribution is 4.77. The lowest BCUT2D eigenvalue weighted by atomic mass is 9.99. The third-order valence-corrected chi connectivity index (χ3v) is 4.89. The Morgan fingerprint density at radius 3 is 2.05 bits per heavy atom. The number of aliphatic hydroxyl groups is 1. The summed E-state index contributed by atoms with van der Waals surface area (Å²) < 4.78 is 5.13. The second-order valence-corrected chi connectivity index (χ2v) is 6.77. The van der Waals surface area contributed by atoms with Gasteiger partial charge in [-0.3, -0.25) is 9.80 Å². The van der Waals surface area contributed by atoms with Crippen molar-refractivity contribution >= 4 is 0 Å². The van der Waals surface area contributed by atoms with Crippen LogP contribution in [0.2, 0.25) is 0 Å². The molecule has 2 fully saturated rings. The predicted octanol–water partition coefficient (Wildman–Crippen LogP) is 0.343. The number of β-amino-alcohol motifs (C(OH)–C–C–N with tert-alkyl or cyclic N) is 1. The minimum atomic E-state index is -0.205. The van der Waals surface area contributed by atoms with Gasteiger partial charge in [-0.05, 0) is 31.8 Å². The number of nitrogens with zero attached hydrogens (tertiary/aromatic N) is 3. The first-order chi connectivity index (χ1) is 10.2. The van der Waals surface area contributed by atoms with Crippen LogP contribution >= 0.6 is 0 Å². The number of methoxy groups -OCH3 is 1. The molecule has 2 aliphatic rings. The molecule has 0 aromatic rings. The summed E-state index contributed by atoms with van der Waals surface area (Å²) in [5.41, 5.74) is 0. The van der Waals surface area contributed by atoms with E-state index in [0.717, 1.165) is 71.4 Å². The van der Waals surface area contributed by atoms with Crippen molar-refractivity contribution in [2.24, 2.45) is 5.92 Å². The molecule has 0 saturated carbocycles.